The van der Waals surface area contributed by atoms with Crippen molar-refractivity contribution >= 4 is 34.9 Å². The monoisotopic (exact) mass is 336 g/mol. The van der Waals surface area contributed by atoms with Gasteiger partial charge >= 0.3 is 6.03 Å². The third-order valence-electron chi connectivity index (χ3n) is 3.45. The van der Waals surface area contributed by atoms with E-state index < -0.39 is 0 Å². The summed E-state index contributed by atoms with van der Waals surface area (Å²) in [5.41, 5.74) is 1.48. The molecule has 0 spiro atoms. The van der Waals surface area contributed by atoms with Gasteiger partial charge in [-0.25, -0.2) is 4.79 Å². The highest BCUT2D eigenvalue weighted by molar-refractivity contribution is 6.43. The van der Waals surface area contributed by atoms with Crippen LogP contribution >= 0.6 is 23.2 Å². The summed E-state index contributed by atoms with van der Waals surface area (Å²) in [5.74, 6) is 0. The van der Waals surface area contributed by atoms with Gasteiger partial charge in [0.25, 0.3) is 0 Å². The Morgan fingerprint density at radius 2 is 1.73 bits per heavy atom. The van der Waals surface area contributed by atoms with Crippen molar-refractivity contribution in [1.29, 1.82) is 0 Å². The van der Waals surface area contributed by atoms with E-state index in [0.717, 1.165) is 5.56 Å². The second-order valence-corrected chi connectivity index (χ2v) is 6.44. The third kappa shape index (κ3) is 4.15. The first kappa shape index (κ1) is 16.7. The van der Waals surface area contributed by atoms with Crippen LogP contribution in [0.4, 0.5) is 10.5 Å². The van der Waals surface area contributed by atoms with Gasteiger partial charge in [0.15, 0.2) is 0 Å². The van der Waals surface area contributed by atoms with Gasteiger partial charge in [0.1, 0.15) is 0 Å². The zero-order valence-corrected chi connectivity index (χ0v) is 14.0. The zero-order valence-electron chi connectivity index (χ0n) is 12.5. The summed E-state index contributed by atoms with van der Waals surface area (Å²) in [6.07, 6.45) is 0. The number of urea groups is 1. The molecule has 116 valence electrons. The molecule has 5 heteroatoms. The van der Waals surface area contributed by atoms with Gasteiger partial charge in [0.05, 0.1) is 15.7 Å². The van der Waals surface area contributed by atoms with Gasteiger partial charge in [-0.05, 0) is 17.7 Å². The number of anilines is 1. The summed E-state index contributed by atoms with van der Waals surface area (Å²) in [7, 11) is 0. The van der Waals surface area contributed by atoms with E-state index in [9.17, 15) is 4.79 Å². The van der Waals surface area contributed by atoms with Crippen molar-refractivity contribution in [1.82, 2.24) is 5.32 Å². The van der Waals surface area contributed by atoms with Crippen molar-refractivity contribution in [3.63, 3.8) is 0 Å². The Kier molecular flexibility index (Phi) is 5.33. The van der Waals surface area contributed by atoms with Crippen molar-refractivity contribution in [3.8, 4) is 0 Å². The van der Waals surface area contributed by atoms with Crippen LogP contribution in [0.15, 0.2) is 48.5 Å². The van der Waals surface area contributed by atoms with Crippen LogP contribution in [0.3, 0.4) is 0 Å². The molecule has 2 aromatic rings. The number of hydrogen-bond acceptors (Lipinski definition) is 1. The minimum Gasteiger partial charge on any atom is -0.337 e. The average molecular weight is 337 g/mol. The summed E-state index contributed by atoms with van der Waals surface area (Å²) in [5, 5.41) is 6.31. The highest BCUT2D eigenvalue weighted by atomic mass is 35.5. The van der Waals surface area contributed by atoms with Gasteiger partial charge in [-0.15, -0.1) is 0 Å². The van der Waals surface area contributed by atoms with E-state index in [2.05, 4.69) is 24.5 Å². The first-order chi connectivity index (χ1) is 10.4. The lowest BCUT2D eigenvalue weighted by Gasteiger charge is -2.25. The molecule has 0 fully saturated rings. The molecule has 0 heterocycles. The average Bonchev–Trinajstić information content (AvgIpc) is 2.51. The van der Waals surface area contributed by atoms with Crippen LogP contribution in [-0.4, -0.2) is 12.6 Å². The molecule has 0 radical (unpaired) electrons. The summed E-state index contributed by atoms with van der Waals surface area (Å²) < 4.78 is 0. The second kappa shape index (κ2) is 7.03. The number of benzene rings is 2. The summed E-state index contributed by atoms with van der Waals surface area (Å²) in [4.78, 5) is 12.0. The molecule has 3 nitrogen and oxygen atoms in total. The number of hydrogen-bond donors (Lipinski definition) is 2. The minimum absolute atomic E-state index is 0.170. The zero-order chi connectivity index (χ0) is 16.2. The molecular weight excluding hydrogens is 319 g/mol. The second-order valence-electron chi connectivity index (χ2n) is 5.66. The maximum atomic E-state index is 12.0. The lowest BCUT2D eigenvalue weighted by Crippen LogP contribution is -2.39. The predicted molar refractivity (Wildman–Crippen MR) is 93.0 cm³/mol. The standard InChI is InChI=1S/C17H18Cl2N2O/c1-17(2,12-7-4-3-5-8-12)11-20-16(22)21-14-10-6-9-13(18)15(14)19/h3-10H,11H2,1-2H3,(H2,20,21,22). The van der Waals surface area contributed by atoms with E-state index in [1.807, 2.05) is 30.3 Å². The number of carbonyl (C=O) groups is 1. The highest BCUT2D eigenvalue weighted by Crippen LogP contribution is 2.29. The number of nitrogens with one attached hydrogen (secondary N) is 2. The van der Waals surface area contributed by atoms with Gasteiger partial charge < -0.3 is 10.6 Å². The van der Waals surface area contributed by atoms with Gasteiger partial charge in [0.2, 0.25) is 0 Å². The highest BCUT2D eigenvalue weighted by Gasteiger charge is 2.21. The molecule has 2 aromatic carbocycles. The van der Waals surface area contributed by atoms with E-state index in [1.165, 1.54) is 0 Å². The molecule has 0 saturated heterocycles. The van der Waals surface area contributed by atoms with Gasteiger partial charge in [-0.2, -0.15) is 0 Å². The number of halogens is 2. The van der Waals surface area contributed by atoms with Crippen molar-refractivity contribution < 1.29 is 4.79 Å². The summed E-state index contributed by atoms with van der Waals surface area (Å²) in [6.45, 7) is 4.66. The normalized spacial score (nSPS) is 11.1. The van der Waals surface area contributed by atoms with Crippen LogP contribution in [-0.2, 0) is 5.41 Å². The van der Waals surface area contributed by atoms with Crippen LogP contribution in [0.5, 0.6) is 0 Å². The minimum atomic E-state index is -0.312. The molecular formula is C17H18Cl2N2O. The molecule has 0 aromatic heterocycles. The Hall–Kier alpha value is -1.71. The molecule has 2 N–H and O–H groups in total. The van der Waals surface area contributed by atoms with E-state index in [-0.39, 0.29) is 11.4 Å². The molecule has 2 amide bonds. The summed E-state index contributed by atoms with van der Waals surface area (Å²) >= 11 is 12.0. The van der Waals surface area contributed by atoms with Crippen molar-refractivity contribution in [2.75, 3.05) is 11.9 Å². The van der Waals surface area contributed by atoms with Gasteiger partial charge in [0, 0.05) is 12.0 Å². The molecule has 0 aliphatic rings. The molecule has 0 atom stereocenters. The van der Waals surface area contributed by atoms with E-state index in [1.54, 1.807) is 18.2 Å². The van der Waals surface area contributed by atoms with Crippen LogP contribution in [0.25, 0.3) is 0 Å². The van der Waals surface area contributed by atoms with Crippen molar-refractivity contribution in [3.05, 3.63) is 64.1 Å². The Labute approximate surface area is 140 Å². The largest absolute Gasteiger partial charge is 0.337 e. The topological polar surface area (TPSA) is 41.1 Å². The summed E-state index contributed by atoms with van der Waals surface area (Å²) in [6, 6.07) is 14.8. The van der Waals surface area contributed by atoms with Crippen LogP contribution in [0, 0.1) is 0 Å². The van der Waals surface area contributed by atoms with E-state index in [0.29, 0.717) is 22.3 Å². The molecule has 0 bridgehead atoms. The third-order valence-corrected chi connectivity index (χ3v) is 4.26. The fourth-order valence-corrected chi connectivity index (χ4v) is 2.41. The fourth-order valence-electron chi connectivity index (χ4n) is 2.06. The van der Waals surface area contributed by atoms with E-state index >= 15 is 0 Å². The van der Waals surface area contributed by atoms with Crippen LogP contribution < -0.4 is 10.6 Å². The fraction of sp³-hybridized carbons (Fsp3) is 0.235. The lowest BCUT2D eigenvalue weighted by molar-refractivity contribution is 0.249. The predicted octanol–water partition coefficient (Wildman–Crippen LogP) is 5.09. The number of rotatable bonds is 4. The molecule has 2 rings (SSSR count). The molecule has 22 heavy (non-hydrogen) atoms. The Balaban J connectivity index is 1.97. The maximum Gasteiger partial charge on any atom is 0.319 e. The Morgan fingerprint density at radius 1 is 1.05 bits per heavy atom. The van der Waals surface area contributed by atoms with Gasteiger partial charge in [-0.1, -0.05) is 73.4 Å². The Bertz CT molecular complexity index is 657. The molecule has 0 aliphatic heterocycles. The molecule has 0 aliphatic carbocycles. The smallest absolute Gasteiger partial charge is 0.319 e. The number of amides is 2. The van der Waals surface area contributed by atoms with Gasteiger partial charge in [-0.3, -0.25) is 0 Å². The van der Waals surface area contributed by atoms with E-state index in [4.69, 9.17) is 23.2 Å². The van der Waals surface area contributed by atoms with Crippen molar-refractivity contribution in [2.24, 2.45) is 0 Å². The molecule has 0 saturated carbocycles. The lowest BCUT2D eigenvalue weighted by atomic mass is 9.85. The quantitative estimate of drug-likeness (QED) is 0.801. The van der Waals surface area contributed by atoms with Crippen LogP contribution in [0.1, 0.15) is 19.4 Å². The number of carbonyl (C=O) groups excluding carboxylic acids is 1. The first-order valence-corrected chi connectivity index (χ1v) is 7.70. The SMILES string of the molecule is CC(C)(CNC(=O)Nc1cccc(Cl)c1Cl)c1ccccc1. The maximum absolute atomic E-state index is 12.0. The molecule has 0 unspecified atom stereocenters. The first-order valence-electron chi connectivity index (χ1n) is 6.94. The van der Waals surface area contributed by atoms with Crippen LogP contribution in [0.2, 0.25) is 10.0 Å². The Morgan fingerprint density at radius 3 is 2.41 bits per heavy atom. The van der Waals surface area contributed by atoms with Crippen molar-refractivity contribution in [2.45, 2.75) is 19.3 Å².